The summed E-state index contributed by atoms with van der Waals surface area (Å²) in [6.07, 6.45) is 0.894. The fourth-order valence-electron chi connectivity index (χ4n) is 2.02. The Balaban J connectivity index is 0.00000484. The molecule has 0 radical (unpaired) electrons. The summed E-state index contributed by atoms with van der Waals surface area (Å²) >= 11 is 0. The van der Waals surface area contributed by atoms with Gasteiger partial charge in [-0.2, -0.15) is 0 Å². The third kappa shape index (κ3) is 7.23. The lowest BCUT2D eigenvalue weighted by molar-refractivity contribution is -0.124. The van der Waals surface area contributed by atoms with E-state index in [4.69, 9.17) is 10.5 Å². The van der Waals surface area contributed by atoms with Gasteiger partial charge in [0, 0.05) is 0 Å². The zero-order valence-corrected chi connectivity index (χ0v) is 15.7. The summed E-state index contributed by atoms with van der Waals surface area (Å²) in [4.78, 5) is 12.1. The monoisotopic (exact) mass is 342 g/mol. The molecule has 3 atom stereocenters. The highest BCUT2D eigenvalue weighted by Gasteiger charge is 2.21. The van der Waals surface area contributed by atoms with Gasteiger partial charge in [-0.25, -0.2) is 0 Å². The van der Waals surface area contributed by atoms with E-state index in [9.17, 15) is 4.79 Å². The van der Waals surface area contributed by atoms with Crippen LogP contribution in [0.1, 0.15) is 52.6 Å². The molecule has 0 aliphatic heterocycles. The van der Waals surface area contributed by atoms with E-state index in [1.807, 2.05) is 45.0 Å². The summed E-state index contributed by atoms with van der Waals surface area (Å²) in [5.41, 5.74) is 7.00. The predicted octanol–water partition coefficient (Wildman–Crippen LogP) is 3.69. The average molecular weight is 343 g/mol. The van der Waals surface area contributed by atoms with Gasteiger partial charge in [-0.15, -0.1) is 12.4 Å². The van der Waals surface area contributed by atoms with E-state index < -0.39 is 6.04 Å². The van der Waals surface area contributed by atoms with Crippen LogP contribution in [0.2, 0.25) is 0 Å². The summed E-state index contributed by atoms with van der Waals surface area (Å²) in [6.45, 7) is 10.9. The Hall–Kier alpha value is -1.26. The van der Waals surface area contributed by atoms with Crippen molar-refractivity contribution in [2.75, 3.05) is 6.61 Å². The summed E-state index contributed by atoms with van der Waals surface area (Å²) in [5, 5.41) is 2.98. The van der Waals surface area contributed by atoms with Crippen molar-refractivity contribution in [3.05, 3.63) is 29.8 Å². The number of amides is 1. The minimum atomic E-state index is -0.457. The van der Waals surface area contributed by atoms with Gasteiger partial charge in [0.15, 0.2) is 0 Å². The van der Waals surface area contributed by atoms with Crippen molar-refractivity contribution in [2.24, 2.45) is 17.6 Å². The zero-order chi connectivity index (χ0) is 16.7. The molecule has 1 amide bonds. The average Bonchev–Trinajstić information content (AvgIpc) is 2.51. The predicted molar refractivity (Wildman–Crippen MR) is 98.0 cm³/mol. The highest BCUT2D eigenvalue weighted by Crippen LogP contribution is 2.18. The van der Waals surface area contributed by atoms with E-state index >= 15 is 0 Å². The molecule has 1 aromatic carbocycles. The maximum atomic E-state index is 12.1. The summed E-state index contributed by atoms with van der Waals surface area (Å²) in [5.74, 6) is 1.44. The lowest BCUT2D eigenvalue weighted by atomic mass is 9.98. The van der Waals surface area contributed by atoms with Gasteiger partial charge in [0.25, 0.3) is 0 Å². The molecule has 1 aromatic rings. The SMILES string of the molecule is CCC(C)C(N)C(=O)NC(C)c1ccc(OCC(C)C)cc1.Cl. The third-order valence-corrected chi connectivity index (χ3v) is 3.88. The van der Waals surface area contributed by atoms with Crippen molar-refractivity contribution >= 4 is 18.3 Å². The highest BCUT2D eigenvalue weighted by atomic mass is 35.5. The molecule has 0 spiro atoms. The van der Waals surface area contributed by atoms with Crippen molar-refractivity contribution in [1.29, 1.82) is 0 Å². The van der Waals surface area contributed by atoms with Crippen LogP contribution < -0.4 is 15.8 Å². The zero-order valence-electron chi connectivity index (χ0n) is 14.8. The van der Waals surface area contributed by atoms with Crippen LogP contribution in [-0.2, 0) is 4.79 Å². The van der Waals surface area contributed by atoms with Crippen LogP contribution in [0.25, 0.3) is 0 Å². The molecule has 1 rings (SSSR count). The molecular formula is C18H31ClN2O2. The van der Waals surface area contributed by atoms with Crippen LogP contribution >= 0.6 is 12.4 Å². The second-order valence-corrected chi connectivity index (χ2v) is 6.42. The minimum absolute atomic E-state index is 0. The molecule has 0 saturated heterocycles. The summed E-state index contributed by atoms with van der Waals surface area (Å²) in [6, 6.07) is 7.32. The molecule has 0 aliphatic carbocycles. The standard InChI is InChI=1S/C18H30N2O2.ClH/c1-6-13(4)17(19)18(21)20-14(5)15-7-9-16(10-8-15)22-11-12(2)3;/h7-10,12-14,17H,6,11,19H2,1-5H3,(H,20,21);1H. The van der Waals surface area contributed by atoms with Gasteiger partial charge in [-0.05, 0) is 36.5 Å². The normalized spacial score (nSPS) is 14.6. The fourth-order valence-corrected chi connectivity index (χ4v) is 2.02. The molecule has 3 unspecified atom stereocenters. The highest BCUT2D eigenvalue weighted by molar-refractivity contribution is 5.85. The van der Waals surface area contributed by atoms with Gasteiger partial charge in [0.2, 0.25) is 5.91 Å². The number of hydrogen-bond acceptors (Lipinski definition) is 3. The van der Waals surface area contributed by atoms with Crippen molar-refractivity contribution in [3.8, 4) is 5.75 Å². The van der Waals surface area contributed by atoms with E-state index in [1.54, 1.807) is 0 Å². The fraction of sp³-hybridized carbons (Fsp3) is 0.611. The number of halogens is 1. The lowest BCUT2D eigenvalue weighted by Crippen LogP contribution is -2.45. The Labute approximate surface area is 146 Å². The number of carbonyl (C=O) groups is 1. The van der Waals surface area contributed by atoms with E-state index in [1.165, 1.54) is 0 Å². The van der Waals surface area contributed by atoms with Crippen LogP contribution in [0.4, 0.5) is 0 Å². The summed E-state index contributed by atoms with van der Waals surface area (Å²) < 4.78 is 5.66. The minimum Gasteiger partial charge on any atom is -0.493 e. The largest absolute Gasteiger partial charge is 0.493 e. The molecular weight excluding hydrogens is 312 g/mol. The van der Waals surface area contributed by atoms with Gasteiger partial charge >= 0.3 is 0 Å². The maximum absolute atomic E-state index is 12.1. The van der Waals surface area contributed by atoms with Crippen LogP contribution in [0, 0.1) is 11.8 Å². The van der Waals surface area contributed by atoms with Crippen LogP contribution in [0.5, 0.6) is 5.75 Å². The number of carbonyl (C=O) groups excluding carboxylic acids is 1. The maximum Gasteiger partial charge on any atom is 0.237 e. The first-order valence-corrected chi connectivity index (χ1v) is 8.13. The smallest absolute Gasteiger partial charge is 0.237 e. The number of hydrogen-bond donors (Lipinski definition) is 2. The van der Waals surface area contributed by atoms with E-state index in [0.717, 1.165) is 17.7 Å². The number of ether oxygens (including phenoxy) is 1. The van der Waals surface area contributed by atoms with Gasteiger partial charge in [0.1, 0.15) is 5.75 Å². The Morgan fingerprint density at radius 3 is 2.22 bits per heavy atom. The molecule has 132 valence electrons. The summed E-state index contributed by atoms with van der Waals surface area (Å²) in [7, 11) is 0. The van der Waals surface area contributed by atoms with Crippen molar-refractivity contribution in [1.82, 2.24) is 5.32 Å². The van der Waals surface area contributed by atoms with Gasteiger partial charge < -0.3 is 15.8 Å². The molecule has 0 aromatic heterocycles. The quantitative estimate of drug-likeness (QED) is 0.757. The van der Waals surface area contributed by atoms with Gasteiger partial charge in [0.05, 0.1) is 18.7 Å². The number of nitrogens with one attached hydrogen (secondary N) is 1. The molecule has 0 heterocycles. The van der Waals surface area contributed by atoms with Crippen LogP contribution in [-0.4, -0.2) is 18.6 Å². The Morgan fingerprint density at radius 2 is 1.74 bits per heavy atom. The Kier molecular flexibility index (Phi) is 9.93. The third-order valence-electron chi connectivity index (χ3n) is 3.88. The molecule has 0 saturated carbocycles. The molecule has 0 fully saturated rings. The van der Waals surface area contributed by atoms with E-state index in [-0.39, 0.29) is 30.3 Å². The Morgan fingerprint density at radius 1 is 1.17 bits per heavy atom. The second-order valence-electron chi connectivity index (χ2n) is 6.42. The number of benzene rings is 1. The molecule has 3 N–H and O–H groups in total. The number of nitrogens with two attached hydrogens (primary N) is 1. The first kappa shape index (κ1) is 21.7. The molecule has 5 heteroatoms. The van der Waals surface area contributed by atoms with Crippen molar-refractivity contribution < 1.29 is 9.53 Å². The van der Waals surface area contributed by atoms with E-state index in [0.29, 0.717) is 12.5 Å². The van der Waals surface area contributed by atoms with Gasteiger partial charge in [-0.1, -0.05) is 46.2 Å². The van der Waals surface area contributed by atoms with Crippen molar-refractivity contribution in [2.45, 2.75) is 53.1 Å². The Bertz CT molecular complexity index is 463. The number of rotatable bonds is 8. The molecule has 4 nitrogen and oxygen atoms in total. The van der Waals surface area contributed by atoms with Crippen molar-refractivity contribution in [3.63, 3.8) is 0 Å². The van der Waals surface area contributed by atoms with E-state index in [2.05, 4.69) is 19.2 Å². The van der Waals surface area contributed by atoms with Gasteiger partial charge in [-0.3, -0.25) is 4.79 Å². The second kappa shape index (κ2) is 10.5. The topological polar surface area (TPSA) is 64.4 Å². The lowest BCUT2D eigenvalue weighted by Gasteiger charge is -2.21. The van der Waals surface area contributed by atoms with Crippen LogP contribution in [0.15, 0.2) is 24.3 Å². The molecule has 0 aliphatic rings. The first-order chi connectivity index (χ1) is 10.3. The molecule has 23 heavy (non-hydrogen) atoms. The molecule has 0 bridgehead atoms. The first-order valence-electron chi connectivity index (χ1n) is 8.13. The van der Waals surface area contributed by atoms with Crippen LogP contribution in [0.3, 0.4) is 0 Å².